The van der Waals surface area contributed by atoms with E-state index >= 15 is 0 Å². The lowest BCUT2D eigenvalue weighted by Crippen LogP contribution is -2.31. The Hall–Kier alpha value is -0.380. The number of halogens is 1. The third-order valence-electron chi connectivity index (χ3n) is 3.24. The lowest BCUT2D eigenvalue weighted by atomic mass is 10.1. The minimum atomic E-state index is 0.496. The number of hydrogen-bond acceptors (Lipinski definition) is 2. The van der Waals surface area contributed by atoms with Crippen LogP contribution in [0, 0.1) is 5.92 Å². The molecule has 1 atom stereocenters. The van der Waals surface area contributed by atoms with E-state index < -0.39 is 0 Å². The van der Waals surface area contributed by atoms with Gasteiger partial charge in [-0.05, 0) is 49.8 Å². The molecule has 0 saturated heterocycles. The minimum absolute atomic E-state index is 0.496. The van der Waals surface area contributed by atoms with Crippen LogP contribution in [0.3, 0.4) is 0 Å². The Morgan fingerprint density at radius 3 is 2.72 bits per heavy atom. The van der Waals surface area contributed by atoms with Crippen LogP contribution in [0.25, 0.3) is 0 Å². The Kier molecular flexibility index (Phi) is 5.67. The summed E-state index contributed by atoms with van der Waals surface area (Å²) in [6, 6.07) is 9.04. The van der Waals surface area contributed by atoms with Crippen molar-refractivity contribution in [1.29, 1.82) is 0 Å². The van der Waals surface area contributed by atoms with Crippen molar-refractivity contribution in [3.8, 4) is 0 Å². The molecule has 1 aliphatic rings. The maximum absolute atomic E-state index is 5.61. The highest BCUT2D eigenvalue weighted by molar-refractivity contribution is 9.10. The van der Waals surface area contributed by atoms with Crippen LogP contribution >= 0.6 is 15.9 Å². The van der Waals surface area contributed by atoms with Crippen LogP contribution in [0.4, 0.5) is 0 Å². The van der Waals surface area contributed by atoms with Gasteiger partial charge < -0.3 is 10.1 Å². The number of rotatable bonds is 8. The quantitative estimate of drug-likeness (QED) is 0.743. The van der Waals surface area contributed by atoms with Crippen molar-refractivity contribution < 1.29 is 4.74 Å². The molecule has 100 valence electrons. The third kappa shape index (κ3) is 5.51. The summed E-state index contributed by atoms with van der Waals surface area (Å²) in [6.45, 7) is 4.97. The zero-order valence-corrected chi connectivity index (χ0v) is 12.6. The van der Waals surface area contributed by atoms with Crippen molar-refractivity contribution in [2.45, 2.75) is 32.2 Å². The molecule has 1 aromatic rings. The summed E-state index contributed by atoms with van der Waals surface area (Å²) >= 11 is 3.46. The Morgan fingerprint density at radius 2 is 2.06 bits per heavy atom. The third-order valence-corrected chi connectivity index (χ3v) is 3.77. The van der Waals surface area contributed by atoms with Crippen LogP contribution < -0.4 is 5.32 Å². The molecule has 0 amide bonds. The van der Waals surface area contributed by atoms with Gasteiger partial charge in [0.15, 0.2) is 0 Å². The first-order chi connectivity index (χ1) is 8.74. The van der Waals surface area contributed by atoms with Gasteiger partial charge in [-0.15, -0.1) is 0 Å². The fourth-order valence-electron chi connectivity index (χ4n) is 1.96. The lowest BCUT2D eigenvalue weighted by molar-refractivity contribution is 0.124. The second kappa shape index (κ2) is 7.27. The average molecular weight is 312 g/mol. The highest BCUT2D eigenvalue weighted by Crippen LogP contribution is 2.28. The first kappa shape index (κ1) is 14.0. The Balaban J connectivity index is 1.56. The van der Waals surface area contributed by atoms with Crippen molar-refractivity contribution in [2.75, 3.05) is 19.8 Å². The summed E-state index contributed by atoms with van der Waals surface area (Å²) in [5, 5.41) is 3.50. The van der Waals surface area contributed by atoms with Gasteiger partial charge in [0.25, 0.3) is 0 Å². The minimum Gasteiger partial charge on any atom is -0.380 e. The van der Waals surface area contributed by atoms with Crippen molar-refractivity contribution in [2.24, 2.45) is 5.92 Å². The van der Waals surface area contributed by atoms with Crippen molar-refractivity contribution in [1.82, 2.24) is 5.32 Å². The standard InChI is InChI=1S/C15H22BrNO/c1-12(10-13-4-6-15(16)7-5-13)17-8-9-18-11-14-2-3-14/h4-7,12,14,17H,2-3,8-11H2,1H3. The van der Waals surface area contributed by atoms with Gasteiger partial charge >= 0.3 is 0 Å². The van der Waals surface area contributed by atoms with E-state index in [1.54, 1.807) is 0 Å². The topological polar surface area (TPSA) is 21.3 Å². The molecule has 2 rings (SSSR count). The predicted molar refractivity (Wildman–Crippen MR) is 78.9 cm³/mol. The second-order valence-electron chi connectivity index (χ2n) is 5.20. The van der Waals surface area contributed by atoms with Gasteiger partial charge in [0.2, 0.25) is 0 Å². The van der Waals surface area contributed by atoms with Gasteiger partial charge in [-0.3, -0.25) is 0 Å². The summed E-state index contributed by atoms with van der Waals surface area (Å²) in [5.41, 5.74) is 1.37. The normalized spacial score (nSPS) is 16.8. The molecule has 1 aliphatic carbocycles. The Labute approximate surface area is 118 Å². The Bertz CT molecular complexity index is 348. The molecular formula is C15H22BrNO. The van der Waals surface area contributed by atoms with Crippen molar-refractivity contribution in [3.63, 3.8) is 0 Å². The first-order valence-corrected chi connectivity index (χ1v) is 7.59. The van der Waals surface area contributed by atoms with E-state index in [0.29, 0.717) is 6.04 Å². The van der Waals surface area contributed by atoms with Crippen molar-refractivity contribution in [3.05, 3.63) is 34.3 Å². The van der Waals surface area contributed by atoms with Crippen LogP contribution in [0.1, 0.15) is 25.3 Å². The molecular weight excluding hydrogens is 290 g/mol. The monoisotopic (exact) mass is 311 g/mol. The van der Waals surface area contributed by atoms with Crippen LogP contribution in [0.5, 0.6) is 0 Å². The van der Waals surface area contributed by atoms with E-state index in [-0.39, 0.29) is 0 Å². The molecule has 1 saturated carbocycles. The fraction of sp³-hybridized carbons (Fsp3) is 0.600. The van der Waals surface area contributed by atoms with Gasteiger partial charge in [0, 0.05) is 23.7 Å². The van der Waals surface area contributed by atoms with E-state index in [1.165, 1.54) is 18.4 Å². The van der Waals surface area contributed by atoms with E-state index in [0.717, 1.165) is 36.6 Å². The molecule has 0 radical (unpaired) electrons. The highest BCUT2D eigenvalue weighted by atomic mass is 79.9. The lowest BCUT2D eigenvalue weighted by Gasteiger charge is -2.14. The number of benzene rings is 1. The molecule has 0 aromatic heterocycles. The van der Waals surface area contributed by atoms with E-state index in [4.69, 9.17) is 4.74 Å². The van der Waals surface area contributed by atoms with E-state index in [9.17, 15) is 0 Å². The molecule has 0 aliphatic heterocycles. The number of ether oxygens (including phenoxy) is 1. The molecule has 1 fully saturated rings. The molecule has 1 aromatic carbocycles. The molecule has 0 spiro atoms. The van der Waals surface area contributed by atoms with Crippen LogP contribution in [-0.2, 0) is 11.2 Å². The molecule has 2 nitrogen and oxygen atoms in total. The van der Waals surface area contributed by atoms with Crippen molar-refractivity contribution >= 4 is 15.9 Å². The average Bonchev–Trinajstić information content (AvgIpc) is 3.16. The summed E-state index contributed by atoms with van der Waals surface area (Å²) in [5.74, 6) is 0.866. The maximum atomic E-state index is 5.61. The summed E-state index contributed by atoms with van der Waals surface area (Å²) < 4.78 is 6.74. The predicted octanol–water partition coefficient (Wildman–Crippen LogP) is 3.40. The molecule has 0 bridgehead atoms. The van der Waals surface area contributed by atoms with E-state index in [2.05, 4.69) is 52.4 Å². The van der Waals surface area contributed by atoms with Gasteiger partial charge in [-0.25, -0.2) is 0 Å². The van der Waals surface area contributed by atoms with E-state index in [1.807, 2.05) is 0 Å². The van der Waals surface area contributed by atoms with Gasteiger partial charge in [0.05, 0.1) is 6.61 Å². The molecule has 0 heterocycles. The number of hydrogen-bond donors (Lipinski definition) is 1. The Morgan fingerprint density at radius 1 is 1.33 bits per heavy atom. The van der Waals surface area contributed by atoms with Crippen LogP contribution in [0.2, 0.25) is 0 Å². The summed E-state index contributed by atoms with van der Waals surface area (Å²) in [6.07, 6.45) is 3.80. The molecule has 3 heteroatoms. The largest absolute Gasteiger partial charge is 0.380 e. The number of nitrogens with one attached hydrogen (secondary N) is 1. The SMILES string of the molecule is CC(Cc1ccc(Br)cc1)NCCOCC1CC1. The molecule has 1 N–H and O–H groups in total. The zero-order chi connectivity index (χ0) is 12.8. The van der Waals surface area contributed by atoms with Gasteiger partial charge in [-0.2, -0.15) is 0 Å². The summed E-state index contributed by atoms with van der Waals surface area (Å²) in [4.78, 5) is 0. The maximum Gasteiger partial charge on any atom is 0.0591 e. The first-order valence-electron chi connectivity index (χ1n) is 6.79. The second-order valence-corrected chi connectivity index (χ2v) is 6.12. The van der Waals surface area contributed by atoms with Gasteiger partial charge in [0.1, 0.15) is 0 Å². The summed E-state index contributed by atoms with van der Waals surface area (Å²) in [7, 11) is 0. The molecule has 18 heavy (non-hydrogen) atoms. The highest BCUT2D eigenvalue weighted by Gasteiger charge is 2.20. The van der Waals surface area contributed by atoms with Crippen LogP contribution in [-0.4, -0.2) is 25.8 Å². The molecule has 1 unspecified atom stereocenters. The van der Waals surface area contributed by atoms with Crippen LogP contribution in [0.15, 0.2) is 28.7 Å². The fourth-order valence-corrected chi connectivity index (χ4v) is 2.22. The zero-order valence-electron chi connectivity index (χ0n) is 11.0. The van der Waals surface area contributed by atoms with Gasteiger partial charge in [-0.1, -0.05) is 28.1 Å². The smallest absolute Gasteiger partial charge is 0.0591 e.